The van der Waals surface area contributed by atoms with Crippen molar-refractivity contribution in [2.45, 2.75) is 50.5 Å². The highest BCUT2D eigenvalue weighted by molar-refractivity contribution is 7.89. The zero-order valence-electron chi connectivity index (χ0n) is 22.4. The molecule has 3 aromatic rings. The van der Waals surface area contributed by atoms with Crippen LogP contribution >= 0.6 is 22.9 Å². The molecule has 3 heterocycles. The van der Waals surface area contributed by atoms with Crippen LogP contribution in [0.5, 0.6) is 0 Å². The van der Waals surface area contributed by atoms with Gasteiger partial charge in [0.1, 0.15) is 0 Å². The second-order valence-corrected chi connectivity index (χ2v) is 13.7. The summed E-state index contributed by atoms with van der Waals surface area (Å²) in [7, 11) is -3.61. The highest BCUT2D eigenvalue weighted by atomic mass is 35.5. The second kappa shape index (κ2) is 12.2. The number of morpholine rings is 1. The van der Waals surface area contributed by atoms with E-state index in [1.807, 2.05) is 26.0 Å². The van der Waals surface area contributed by atoms with Crippen LogP contribution < -0.4 is 4.90 Å². The number of benzene rings is 2. The van der Waals surface area contributed by atoms with Crippen molar-refractivity contribution >= 4 is 54.2 Å². The number of carbonyl (C=O) groups excluding carboxylic acids is 1. The quantitative estimate of drug-likeness (QED) is 0.359. The number of aromatic nitrogens is 1. The number of aryl methyl sites for hydroxylation is 1. The third kappa shape index (κ3) is 6.31. The van der Waals surface area contributed by atoms with E-state index in [4.69, 9.17) is 21.3 Å². The molecule has 2 fully saturated rings. The van der Waals surface area contributed by atoms with E-state index in [-0.39, 0.29) is 16.8 Å². The van der Waals surface area contributed by atoms with E-state index in [9.17, 15) is 13.2 Å². The lowest BCUT2D eigenvalue weighted by Gasteiger charge is -2.32. The lowest BCUT2D eigenvalue weighted by Crippen LogP contribution is -2.41. The third-order valence-corrected chi connectivity index (χ3v) is 10.8. The van der Waals surface area contributed by atoms with Crippen LogP contribution in [0.1, 0.15) is 48.5 Å². The van der Waals surface area contributed by atoms with Gasteiger partial charge in [-0.05, 0) is 75.1 Å². The molecule has 39 heavy (non-hydrogen) atoms. The maximum absolute atomic E-state index is 13.8. The van der Waals surface area contributed by atoms with Crippen molar-refractivity contribution in [3.8, 4) is 0 Å². The monoisotopic (exact) mass is 590 g/mol. The molecule has 1 aromatic heterocycles. The van der Waals surface area contributed by atoms with Crippen LogP contribution in [0, 0.1) is 6.92 Å². The summed E-state index contributed by atoms with van der Waals surface area (Å²) in [6, 6.07) is 10.1. The van der Waals surface area contributed by atoms with Gasteiger partial charge in [0.05, 0.1) is 28.3 Å². The number of carbonyl (C=O) groups is 1. The van der Waals surface area contributed by atoms with Gasteiger partial charge in [0.2, 0.25) is 10.0 Å². The van der Waals surface area contributed by atoms with Gasteiger partial charge in [-0.3, -0.25) is 14.6 Å². The van der Waals surface area contributed by atoms with Crippen molar-refractivity contribution in [2.24, 2.45) is 0 Å². The largest absolute Gasteiger partial charge is 0.379 e. The Labute approximate surface area is 239 Å². The first-order valence-corrected chi connectivity index (χ1v) is 16.2. The van der Waals surface area contributed by atoms with Crippen molar-refractivity contribution in [1.82, 2.24) is 14.2 Å². The number of hydrogen-bond donors (Lipinski definition) is 0. The van der Waals surface area contributed by atoms with Gasteiger partial charge in [-0.2, -0.15) is 4.31 Å². The molecule has 8 nitrogen and oxygen atoms in total. The van der Waals surface area contributed by atoms with Crippen LogP contribution in [0.3, 0.4) is 0 Å². The van der Waals surface area contributed by atoms with Gasteiger partial charge in [0.25, 0.3) is 5.91 Å². The summed E-state index contributed by atoms with van der Waals surface area (Å²) in [5.41, 5.74) is 2.23. The molecule has 0 saturated carbocycles. The number of rotatable bonds is 8. The van der Waals surface area contributed by atoms with Gasteiger partial charge in [0, 0.05) is 49.4 Å². The average molecular weight is 591 g/mol. The van der Waals surface area contributed by atoms with E-state index in [2.05, 4.69) is 4.90 Å². The Morgan fingerprint density at radius 3 is 2.62 bits per heavy atom. The summed E-state index contributed by atoms with van der Waals surface area (Å²) < 4.78 is 34.5. The van der Waals surface area contributed by atoms with Crippen molar-refractivity contribution in [1.29, 1.82) is 0 Å². The third-order valence-electron chi connectivity index (χ3n) is 7.52. The molecule has 1 unspecified atom stereocenters. The minimum Gasteiger partial charge on any atom is -0.379 e. The Kier molecular flexibility index (Phi) is 8.90. The Balaban J connectivity index is 1.39. The zero-order chi connectivity index (χ0) is 27.6. The Morgan fingerprint density at radius 2 is 1.90 bits per heavy atom. The number of halogens is 1. The maximum Gasteiger partial charge on any atom is 0.260 e. The van der Waals surface area contributed by atoms with Gasteiger partial charge >= 0.3 is 0 Å². The Bertz CT molecular complexity index is 1420. The molecule has 0 radical (unpaired) electrons. The smallest absolute Gasteiger partial charge is 0.260 e. The number of anilines is 1. The summed E-state index contributed by atoms with van der Waals surface area (Å²) in [5, 5.41) is 1.25. The number of sulfonamides is 1. The van der Waals surface area contributed by atoms with Gasteiger partial charge in [-0.25, -0.2) is 13.4 Å². The fourth-order valence-electron chi connectivity index (χ4n) is 5.31. The van der Waals surface area contributed by atoms with Gasteiger partial charge in [0.15, 0.2) is 5.13 Å². The van der Waals surface area contributed by atoms with Crippen LogP contribution in [0.15, 0.2) is 41.3 Å². The number of thiazole rings is 1. The predicted molar refractivity (Wildman–Crippen MR) is 157 cm³/mol. The summed E-state index contributed by atoms with van der Waals surface area (Å²) in [6.07, 6.45) is 3.55. The SMILES string of the molecule is Cc1cc(Cl)cc2sc(N(CCCN3CCOCC3)C(=O)c3ccc(S(=O)(=O)N4CCCCC4C)cc3)nc12. The van der Waals surface area contributed by atoms with E-state index in [1.165, 1.54) is 11.3 Å². The second-order valence-electron chi connectivity index (χ2n) is 10.3. The van der Waals surface area contributed by atoms with E-state index in [0.717, 1.165) is 74.3 Å². The van der Waals surface area contributed by atoms with Crippen LogP contribution in [0.4, 0.5) is 5.13 Å². The number of piperidine rings is 1. The summed E-state index contributed by atoms with van der Waals surface area (Å²) in [5.74, 6) is -0.199. The van der Waals surface area contributed by atoms with Crippen LogP contribution in [-0.2, 0) is 14.8 Å². The molecule has 210 valence electrons. The first-order valence-electron chi connectivity index (χ1n) is 13.5. The number of ether oxygens (including phenoxy) is 1. The minimum atomic E-state index is -3.61. The summed E-state index contributed by atoms with van der Waals surface area (Å²) in [6.45, 7) is 9.03. The molecule has 0 N–H and O–H groups in total. The molecule has 2 saturated heterocycles. The topological polar surface area (TPSA) is 83.0 Å². The minimum absolute atomic E-state index is 0.0250. The van der Waals surface area contributed by atoms with Gasteiger partial charge < -0.3 is 4.74 Å². The zero-order valence-corrected chi connectivity index (χ0v) is 24.8. The van der Waals surface area contributed by atoms with Crippen LogP contribution in [-0.4, -0.2) is 80.5 Å². The maximum atomic E-state index is 13.8. The van der Waals surface area contributed by atoms with Crippen molar-refractivity contribution in [2.75, 3.05) is 50.8 Å². The van der Waals surface area contributed by atoms with Crippen molar-refractivity contribution < 1.29 is 17.9 Å². The van der Waals surface area contributed by atoms with Crippen LogP contribution in [0.2, 0.25) is 5.02 Å². The fourth-order valence-corrected chi connectivity index (χ4v) is 8.45. The van der Waals surface area contributed by atoms with E-state index in [0.29, 0.717) is 28.8 Å². The average Bonchev–Trinajstić information content (AvgIpc) is 3.35. The lowest BCUT2D eigenvalue weighted by molar-refractivity contribution is 0.0376. The predicted octanol–water partition coefficient (Wildman–Crippen LogP) is 5.19. The van der Waals surface area contributed by atoms with Crippen LogP contribution in [0.25, 0.3) is 10.2 Å². The molecular weight excluding hydrogens is 556 g/mol. The number of amides is 1. The molecule has 2 aliphatic heterocycles. The molecule has 1 atom stereocenters. The van der Waals surface area contributed by atoms with Gasteiger partial charge in [-0.15, -0.1) is 0 Å². The molecule has 0 aliphatic carbocycles. The molecule has 0 spiro atoms. The molecule has 1 amide bonds. The molecule has 2 aliphatic rings. The van der Waals surface area contributed by atoms with E-state index < -0.39 is 10.0 Å². The molecule has 5 rings (SSSR count). The number of fused-ring (bicyclic) bond motifs is 1. The van der Waals surface area contributed by atoms with Crippen molar-refractivity contribution in [3.05, 3.63) is 52.5 Å². The first kappa shape index (κ1) is 28.4. The Hall–Kier alpha value is -2.08. The summed E-state index contributed by atoms with van der Waals surface area (Å²) in [4.78, 5) is 22.9. The molecule has 11 heteroatoms. The normalized spacial score (nSPS) is 19.4. The van der Waals surface area contributed by atoms with E-state index in [1.54, 1.807) is 33.5 Å². The number of nitrogens with zero attached hydrogens (tertiary/aromatic N) is 4. The van der Waals surface area contributed by atoms with Crippen molar-refractivity contribution in [3.63, 3.8) is 0 Å². The fraction of sp³-hybridized carbons (Fsp3) is 0.500. The highest BCUT2D eigenvalue weighted by Crippen LogP contribution is 2.34. The number of hydrogen-bond acceptors (Lipinski definition) is 7. The first-order chi connectivity index (χ1) is 18.7. The lowest BCUT2D eigenvalue weighted by atomic mass is 10.1. The highest BCUT2D eigenvalue weighted by Gasteiger charge is 2.31. The summed E-state index contributed by atoms with van der Waals surface area (Å²) >= 11 is 7.73. The van der Waals surface area contributed by atoms with E-state index >= 15 is 0 Å². The Morgan fingerprint density at radius 1 is 1.15 bits per heavy atom. The molecular formula is C28H35ClN4O4S2. The van der Waals surface area contributed by atoms with Gasteiger partial charge in [-0.1, -0.05) is 29.4 Å². The standard InChI is InChI=1S/C28H35ClN4O4S2/c1-20-18-23(29)19-25-26(20)30-28(38-25)32(12-5-11-31-14-16-37-17-15-31)27(34)22-7-9-24(10-8-22)39(35,36)33-13-4-3-6-21(33)2/h7-10,18-19,21H,3-6,11-17H2,1-2H3. The molecule has 0 bridgehead atoms. The molecule has 2 aromatic carbocycles.